The fourth-order valence-electron chi connectivity index (χ4n) is 4.37. The van der Waals surface area contributed by atoms with Crippen LogP contribution in [0.3, 0.4) is 0 Å². The zero-order chi connectivity index (χ0) is 27.0. The van der Waals surface area contributed by atoms with Crippen LogP contribution < -0.4 is 10.6 Å². The number of carbonyl (C=O) groups excluding carboxylic acids is 1. The van der Waals surface area contributed by atoms with Crippen molar-refractivity contribution in [2.45, 2.75) is 43.6 Å². The van der Waals surface area contributed by atoms with Crippen molar-refractivity contribution in [1.82, 2.24) is 15.2 Å². The van der Waals surface area contributed by atoms with E-state index in [-0.39, 0.29) is 24.2 Å². The molecule has 1 aliphatic carbocycles. The van der Waals surface area contributed by atoms with Crippen LogP contribution in [0.5, 0.6) is 0 Å². The molecule has 0 spiro atoms. The summed E-state index contributed by atoms with van der Waals surface area (Å²) in [5.74, 6) is -5.79. The third-order valence-electron chi connectivity index (χ3n) is 6.67. The molecular weight excluding hydrogens is 498 g/mol. The van der Waals surface area contributed by atoms with Gasteiger partial charge in [0.15, 0.2) is 0 Å². The highest BCUT2D eigenvalue weighted by atomic mass is 19.4. The Morgan fingerprint density at radius 1 is 1.19 bits per heavy atom. The summed E-state index contributed by atoms with van der Waals surface area (Å²) >= 11 is 0. The molecule has 4 rings (SSSR count). The highest BCUT2D eigenvalue weighted by Crippen LogP contribution is 2.43. The van der Waals surface area contributed by atoms with E-state index in [1.54, 1.807) is 12.1 Å². The topological polar surface area (TPSA) is 57.3 Å². The molecule has 2 heterocycles. The van der Waals surface area contributed by atoms with Crippen molar-refractivity contribution in [3.8, 4) is 0 Å². The van der Waals surface area contributed by atoms with Gasteiger partial charge in [0.2, 0.25) is 0 Å². The molecule has 1 aliphatic heterocycles. The number of alkyl halides is 6. The summed E-state index contributed by atoms with van der Waals surface area (Å²) < 4.78 is 83.1. The Morgan fingerprint density at radius 2 is 1.92 bits per heavy atom. The second-order valence-corrected chi connectivity index (χ2v) is 9.60. The number of hydrogen-bond donors (Lipinski definition) is 2. The number of rotatable bonds is 8. The monoisotopic (exact) mass is 526 g/mol. The molecule has 2 atom stereocenters. The van der Waals surface area contributed by atoms with Crippen LogP contribution in [-0.2, 0) is 4.79 Å². The number of fused-ring (bicyclic) bond motifs is 1. The quantitative estimate of drug-likeness (QED) is 0.450. The van der Waals surface area contributed by atoms with Crippen LogP contribution in [0.2, 0.25) is 0 Å². The lowest BCUT2D eigenvalue weighted by molar-refractivity contribution is -0.148. The molecule has 1 saturated carbocycles. The van der Waals surface area contributed by atoms with Crippen molar-refractivity contribution < 1.29 is 31.1 Å². The molecule has 1 amide bonds. The van der Waals surface area contributed by atoms with Crippen molar-refractivity contribution in [2.24, 2.45) is 5.92 Å². The van der Waals surface area contributed by atoms with Gasteiger partial charge in [0.25, 0.3) is 5.91 Å². The molecule has 11 heteroatoms. The van der Waals surface area contributed by atoms with Crippen molar-refractivity contribution in [3.63, 3.8) is 0 Å². The van der Waals surface area contributed by atoms with Gasteiger partial charge in [-0.3, -0.25) is 4.79 Å². The van der Waals surface area contributed by atoms with Crippen LogP contribution in [0.25, 0.3) is 22.4 Å². The number of amides is 1. The maximum atomic E-state index is 14.7. The Labute approximate surface area is 210 Å². The Morgan fingerprint density at radius 3 is 2.57 bits per heavy atom. The summed E-state index contributed by atoms with van der Waals surface area (Å²) in [4.78, 5) is 17.8. The van der Waals surface area contributed by atoms with E-state index in [9.17, 15) is 31.1 Å². The van der Waals surface area contributed by atoms with Crippen LogP contribution in [0, 0.1) is 5.92 Å². The lowest BCUT2D eigenvalue weighted by atomic mass is 9.99. The predicted molar refractivity (Wildman–Crippen MR) is 131 cm³/mol. The Balaban J connectivity index is 1.63. The number of nitrogens with one attached hydrogen (secondary N) is 2. The first-order valence-corrected chi connectivity index (χ1v) is 12.0. The van der Waals surface area contributed by atoms with E-state index >= 15 is 0 Å². The zero-order valence-corrected chi connectivity index (χ0v) is 20.2. The molecule has 5 nitrogen and oxygen atoms in total. The van der Waals surface area contributed by atoms with Gasteiger partial charge < -0.3 is 15.5 Å². The minimum Gasteiger partial charge on any atom is -0.379 e. The minimum absolute atomic E-state index is 0.102. The average molecular weight is 527 g/mol. The third kappa shape index (κ3) is 6.08. The summed E-state index contributed by atoms with van der Waals surface area (Å²) in [7, 11) is 1.82. The van der Waals surface area contributed by atoms with Gasteiger partial charge in [-0.25, -0.2) is 9.37 Å². The third-order valence-corrected chi connectivity index (χ3v) is 6.67. The Hall–Kier alpha value is -3.08. The highest BCUT2D eigenvalue weighted by Gasteiger charge is 2.52. The second-order valence-electron chi connectivity index (χ2n) is 9.60. The number of likely N-dealkylation sites (tertiary alicyclic amines) is 1. The van der Waals surface area contributed by atoms with Crippen molar-refractivity contribution >= 4 is 34.0 Å². The number of aromatic nitrogens is 1. The van der Waals surface area contributed by atoms with E-state index in [2.05, 4.69) is 22.2 Å². The van der Waals surface area contributed by atoms with E-state index in [0.29, 0.717) is 36.9 Å². The molecule has 0 radical (unpaired) electrons. The van der Waals surface area contributed by atoms with Gasteiger partial charge in [-0.05, 0) is 44.5 Å². The Bertz CT molecular complexity index is 1210. The number of piperidine rings is 1. The normalized spacial score (nSPS) is 21.4. The predicted octanol–water partition coefficient (Wildman–Crippen LogP) is 5.44. The maximum absolute atomic E-state index is 14.7. The van der Waals surface area contributed by atoms with Gasteiger partial charge in [0.1, 0.15) is 6.17 Å². The molecule has 1 aromatic carbocycles. The number of nitrogens with zero attached hydrogens (tertiary/aromatic N) is 2. The number of anilines is 1. The molecule has 2 aromatic rings. The number of carbonyl (C=O) groups is 1. The van der Waals surface area contributed by atoms with Gasteiger partial charge in [-0.1, -0.05) is 24.8 Å². The number of pyridine rings is 1. The molecule has 1 aromatic heterocycles. The summed E-state index contributed by atoms with van der Waals surface area (Å²) in [6.07, 6.45) is -2.14. The average Bonchev–Trinajstić information content (AvgIpc) is 3.68. The molecule has 1 saturated heterocycles. The standard InChI is InChI=1S/C26H28F6N4O/c1-15(26(30,31)32)23-18-6-3-7-21(35-22-10-12-36(2)14-20(22)27)19(18)13-17(34-23)5-4-11-33-24(37)25(28,29)16-8-9-16/h3-7,13,16,20,22,35H,1,8-12,14H2,2H3,(H,33,37)/b5-4+/t20-,22+/m0/s1. The summed E-state index contributed by atoms with van der Waals surface area (Å²) in [6, 6.07) is 5.71. The fraction of sp³-hybridized carbons (Fsp3) is 0.462. The molecule has 2 aliphatic rings. The van der Waals surface area contributed by atoms with E-state index in [1.165, 1.54) is 24.3 Å². The van der Waals surface area contributed by atoms with Gasteiger partial charge in [0.05, 0.1) is 23.0 Å². The molecule has 37 heavy (non-hydrogen) atoms. The molecule has 2 fully saturated rings. The molecule has 2 N–H and O–H groups in total. The lowest BCUT2D eigenvalue weighted by Crippen LogP contribution is -2.46. The molecular formula is C26H28F6N4O. The number of allylic oxidation sites excluding steroid dienone is 1. The smallest absolute Gasteiger partial charge is 0.379 e. The largest absolute Gasteiger partial charge is 0.417 e. The van der Waals surface area contributed by atoms with Crippen molar-refractivity contribution in [1.29, 1.82) is 0 Å². The SMILES string of the molecule is C=C(c1nc(/C=C/CNC(=O)C(F)(F)C2CC2)cc2c(N[C@@H]3CCN(C)C[C@@H]3F)cccc12)C(F)(F)F. The number of benzene rings is 1. The minimum atomic E-state index is -4.74. The number of halogens is 6. The van der Waals surface area contributed by atoms with Crippen molar-refractivity contribution in [3.05, 3.63) is 48.3 Å². The van der Waals surface area contributed by atoms with Crippen LogP contribution in [0.15, 0.2) is 36.9 Å². The van der Waals surface area contributed by atoms with E-state index < -0.39 is 47.4 Å². The molecule has 0 unspecified atom stereocenters. The first kappa shape index (κ1) is 27.0. The highest BCUT2D eigenvalue weighted by molar-refractivity contribution is 6.00. The second kappa shape index (κ2) is 10.4. The maximum Gasteiger partial charge on any atom is 0.417 e. The van der Waals surface area contributed by atoms with E-state index in [1.807, 2.05) is 11.9 Å². The van der Waals surface area contributed by atoms with E-state index in [0.717, 1.165) is 0 Å². The molecule has 0 bridgehead atoms. The fourth-order valence-corrected chi connectivity index (χ4v) is 4.37. The summed E-state index contributed by atoms with van der Waals surface area (Å²) in [5.41, 5.74) is -0.992. The van der Waals surface area contributed by atoms with Crippen LogP contribution >= 0.6 is 0 Å². The van der Waals surface area contributed by atoms with Crippen LogP contribution in [-0.4, -0.2) is 66.8 Å². The first-order valence-electron chi connectivity index (χ1n) is 12.0. The lowest BCUT2D eigenvalue weighted by Gasteiger charge is -2.33. The van der Waals surface area contributed by atoms with Gasteiger partial charge in [-0.2, -0.15) is 22.0 Å². The van der Waals surface area contributed by atoms with Gasteiger partial charge in [-0.15, -0.1) is 0 Å². The Kier molecular flexibility index (Phi) is 7.55. The van der Waals surface area contributed by atoms with Crippen LogP contribution in [0.1, 0.15) is 30.7 Å². The number of hydrogen-bond acceptors (Lipinski definition) is 4. The van der Waals surface area contributed by atoms with E-state index in [4.69, 9.17) is 0 Å². The first-order chi connectivity index (χ1) is 17.4. The van der Waals surface area contributed by atoms with Crippen LogP contribution in [0.4, 0.5) is 32.0 Å². The molecule has 200 valence electrons. The summed E-state index contributed by atoms with van der Waals surface area (Å²) in [6.45, 7) is 3.83. The van der Waals surface area contributed by atoms with Gasteiger partial charge in [0, 0.05) is 42.0 Å². The summed E-state index contributed by atoms with van der Waals surface area (Å²) in [5, 5.41) is 5.83. The van der Waals surface area contributed by atoms with Crippen molar-refractivity contribution in [2.75, 3.05) is 32.0 Å². The van der Waals surface area contributed by atoms with Gasteiger partial charge >= 0.3 is 12.1 Å². The zero-order valence-electron chi connectivity index (χ0n) is 20.2.